The van der Waals surface area contributed by atoms with Crippen LogP contribution >= 0.6 is 0 Å². The lowest BCUT2D eigenvalue weighted by atomic mass is 9.91. The number of ether oxygens (including phenoxy) is 1. The number of nitrogens with one attached hydrogen (secondary N) is 1. The molecule has 1 aliphatic carbocycles. The Morgan fingerprint density at radius 1 is 1.32 bits per heavy atom. The number of aliphatic hydroxyl groups is 1. The van der Waals surface area contributed by atoms with Crippen molar-refractivity contribution in [2.24, 2.45) is 0 Å². The van der Waals surface area contributed by atoms with Gasteiger partial charge in [-0.3, -0.25) is 14.2 Å². The van der Waals surface area contributed by atoms with Crippen LogP contribution in [0.15, 0.2) is 24.7 Å². The van der Waals surface area contributed by atoms with Gasteiger partial charge in [0.05, 0.1) is 18.4 Å². The molecule has 1 aliphatic heterocycles. The van der Waals surface area contributed by atoms with Crippen molar-refractivity contribution in [2.75, 3.05) is 19.3 Å². The molecule has 2 aliphatic rings. The molecule has 192 valence electrons. The highest BCUT2D eigenvalue weighted by atomic mass is 19.1. The van der Waals surface area contributed by atoms with Crippen molar-refractivity contribution in [2.45, 2.75) is 50.2 Å². The normalized spacial score (nSPS) is 21.2. The van der Waals surface area contributed by atoms with Gasteiger partial charge in [0, 0.05) is 25.7 Å². The Labute approximate surface area is 211 Å². The van der Waals surface area contributed by atoms with E-state index in [9.17, 15) is 19.1 Å². The second-order valence-corrected chi connectivity index (χ2v) is 8.88. The van der Waals surface area contributed by atoms with Crippen LogP contribution in [0, 0.1) is 17.8 Å². The van der Waals surface area contributed by atoms with Crippen molar-refractivity contribution < 1.29 is 23.8 Å². The van der Waals surface area contributed by atoms with E-state index in [-0.39, 0.29) is 48.0 Å². The summed E-state index contributed by atoms with van der Waals surface area (Å²) in [6.07, 6.45) is 2.81. The molecule has 3 aromatic rings. The Hall–Kier alpha value is -4.15. The molecule has 2 fully saturated rings. The van der Waals surface area contributed by atoms with Gasteiger partial charge < -0.3 is 25.8 Å². The van der Waals surface area contributed by atoms with E-state index in [1.54, 1.807) is 4.90 Å². The second-order valence-electron chi connectivity index (χ2n) is 8.88. The maximum Gasteiger partial charge on any atom is 0.256 e. The first-order chi connectivity index (χ1) is 17.9. The van der Waals surface area contributed by atoms with Gasteiger partial charge in [-0.1, -0.05) is 5.92 Å². The zero-order valence-electron chi connectivity index (χ0n) is 20.0. The van der Waals surface area contributed by atoms with Crippen LogP contribution < -0.4 is 11.1 Å². The minimum Gasteiger partial charge on any atom is -0.388 e. The predicted molar refractivity (Wildman–Crippen MR) is 128 cm³/mol. The molecule has 3 aromatic heterocycles. The number of nitrogens with two attached hydrogens (primary N) is 1. The minimum absolute atomic E-state index is 0.0380. The number of aliphatic hydroxyl groups excluding tert-OH is 1. The standard InChI is InChI=1S/C24H25FN8O4/c1-27-22(35)16-10-15(34)24(37-16)33-12-29-19-20(26)30-18(31-21(19)33)6-3-9-32(14-4-2-5-14)23(36)13-7-8-17(25)28-11-13/h7-8,11-12,14-16,24,34H,2,4-5,9-10H2,1H3,(H,27,35)(H2,26,30,31)/t15?,16-,24?/m0/s1. The fourth-order valence-corrected chi connectivity index (χ4v) is 4.35. The molecule has 2 amide bonds. The van der Waals surface area contributed by atoms with Gasteiger partial charge in [-0.25, -0.2) is 19.9 Å². The Morgan fingerprint density at radius 3 is 2.81 bits per heavy atom. The number of hydrogen-bond donors (Lipinski definition) is 3. The van der Waals surface area contributed by atoms with Gasteiger partial charge in [-0.05, 0) is 37.3 Å². The predicted octanol–water partition coefficient (Wildman–Crippen LogP) is 0.383. The van der Waals surface area contributed by atoms with E-state index in [2.05, 4.69) is 37.1 Å². The smallest absolute Gasteiger partial charge is 0.256 e. The summed E-state index contributed by atoms with van der Waals surface area (Å²) in [6, 6.07) is 2.59. The zero-order chi connectivity index (χ0) is 26.1. The van der Waals surface area contributed by atoms with Crippen molar-refractivity contribution >= 4 is 28.8 Å². The van der Waals surface area contributed by atoms with E-state index in [4.69, 9.17) is 10.5 Å². The molecule has 3 atom stereocenters. The number of carbonyl (C=O) groups excluding carboxylic acids is 2. The third kappa shape index (κ3) is 4.81. The molecule has 0 aromatic carbocycles. The minimum atomic E-state index is -0.964. The van der Waals surface area contributed by atoms with E-state index in [0.29, 0.717) is 11.2 Å². The molecule has 1 saturated heterocycles. The molecule has 0 bridgehead atoms. The summed E-state index contributed by atoms with van der Waals surface area (Å²) in [4.78, 5) is 43.1. The lowest BCUT2D eigenvalue weighted by molar-refractivity contribution is -0.134. The van der Waals surface area contributed by atoms with Crippen molar-refractivity contribution in [3.63, 3.8) is 0 Å². The highest BCUT2D eigenvalue weighted by molar-refractivity contribution is 5.94. The highest BCUT2D eigenvalue weighted by Crippen LogP contribution is 2.32. The third-order valence-corrected chi connectivity index (χ3v) is 6.55. The van der Waals surface area contributed by atoms with Crippen molar-refractivity contribution in [1.82, 2.24) is 34.7 Å². The van der Waals surface area contributed by atoms with E-state index < -0.39 is 24.4 Å². The average Bonchev–Trinajstić information content (AvgIpc) is 3.45. The van der Waals surface area contributed by atoms with Gasteiger partial charge in [-0.15, -0.1) is 0 Å². The number of anilines is 1. The SMILES string of the molecule is CNC(=O)[C@@H]1CC(O)C(n2cnc3c(N)nc(C#CCN(C(=O)c4ccc(F)nc4)C4CCC4)nc32)O1. The van der Waals surface area contributed by atoms with E-state index in [0.717, 1.165) is 25.3 Å². The zero-order valence-corrected chi connectivity index (χ0v) is 20.0. The van der Waals surface area contributed by atoms with Crippen LogP contribution in [-0.2, 0) is 9.53 Å². The second kappa shape index (κ2) is 10.1. The quantitative estimate of drug-likeness (QED) is 0.327. The number of halogens is 1. The van der Waals surface area contributed by atoms with Crippen LogP contribution in [0.2, 0.25) is 0 Å². The molecule has 2 unspecified atom stereocenters. The topological polar surface area (TPSA) is 161 Å². The van der Waals surface area contributed by atoms with Crippen molar-refractivity contribution in [1.29, 1.82) is 0 Å². The monoisotopic (exact) mass is 508 g/mol. The lowest BCUT2D eigenvalue weighted by Gasteiger charge is -2.36. The maximum atomic E-state index is 13.2. The number of hydrogen-bond acceptors (Lipinski definition) is 9. The van der Waals surface area contributed by atoms with Crippen LogP contribution in [0.1, 0.15) is 48.1 Å². The number of nitrogen functional groups attached to an aromatic ring is 1. The summed E-state index contributed by atoms with van der Waals surface area (Å²) < 4.78 is 20.4. The third-order valence-electron chi connectivity index (χ3n) is 6.55. The molecule has 4 heterocycles. The number of carbonyl (C=O) groups is 2. The number of imidazole rings is 1. The van der Waals surface area contributed by atoms with E-state index in [1.807, 2.05) is 0 Å². The van der Waals surface area contributed by atoms with Gasteiger partial charge in [0.15, 0.2) is 17.7 Å². The molecule has 4 N–H and O–H groups in total. The molecule has 13 heteroatoms. The summed E-state index contributed by atoms with van der Waals surface area (Å²) >= 11 is 0. The van der Waals surface area contributed by atoms with Crippen LogP contribution in [0.25, 0.3) is 11.2 Å². The first-order valence-electron chi connectivity index (χ1n) is 11.8. The number of aromatic nitrogens is 5. The lowest BCUT2D eigenvalue weighted by Crippen LogP contribution is -2.44. The van der Waals surface area contributed by atoms with Crippen LogP contribution in [0.4, 0.5) is 10.2 Å². The van der Waals surface area contributed by atoms with Gasteiger partial charge >= 0.3 is 0 Å². The number of fused-ring (bicyclic) bond motifs is 1. The summed E-state index contributed by atoms with van der Waals surface area (Å²) in [7, 11) is 1.49. The van der Waals surface area contributed by atoms with Crippen LogP contribution in [0.5, 0.6) is 0 Å². The van der Waals surface area contributed by atoms with E-state index >= 15 is 0 Å². The molecular weight excluding hydrogens is 483 g/mol. The largest absolute Gasteiger partial charge is 0.388 e. The highest BCUT2D eigenvalue weighted by Gasteiger charge is 2.39. The number of likely N-dealkylation sites (N-methyl/N-ethyl adjacent to an activating group) is 1. The van der Waals surface area contributed by atoms with Gasteiger partial charge in [0.25, 0.3) is 5.91 Å². The Kier molecular flexibility index (Phi) is 6.68. The fraction of sp³-hybridized carbons (Fsp3) is 0.417. The molecule has 12 nitrogen and oxygen atoms in total. The van der Waals surface area contributed by atoms with Gasteiger partial charge in [-0.2, -0.15) is 4.39 Å². The molecule has 0 radical (unpaired) electrons. The van der Waals surface area contributed by atoms with Crippen molar-refractivity contribution in [3.8, 4) is 11.8 Å². The van der Waals surface area contributed by atoms with Crippen LogP contribution in [-0.4, -0.2) is 78.2 Å². The Bertz CT molecular complexity index is 1400. The van der Waals surface area contributed by atoms with Crippen molar-refractivity contribution in [3.05, 3.63) is 42.0 Å². The summed E-state index contributed by atoms with van der Waals surface area (Å²) in [5.41, 5.74) is 6.97. The molecule has 5 rings (SSSR count). The first-order valence-corrected chi connectivity index (χ1v) is 11.8. The Balaban J connectivity index is 1.39. The molecule has 0 spiro atoms. The number of nitrogens with zero attached hydrogens (tertiary/aromatic N) is 6. The molecular formula is C24H25FN8O4. The fourth-order valence-electron chi connectivity index (χ4n) is 4.35. The van der Waals surface area contributed by atoms with Crippen LogP contribution in [0.3, 0.4) is 0 Å². The number of amides is 2. The van der Waals surface area contributed by atoms with Gasteiger partial charge in [0.1, 0.15) is 17.7 Å². The maximum absolute atomic E-state index is 13.2. The summed E-state index contributed by atoms with van der Waals surface area (Å²) in [6.45, 7) is 0.111. The summed E-state index contributed by atoms with van der Waals surface area (Å²) in [5.74, 6) is 4.71. The number of rotatable bonds is 5. The molecule has 1 saturated carbocycles. The number of pyridine rings is 1. The average molecular weight is 509 g/mol. The Morgan fingerprint density at radius 2 is 2.14 bits per heavy atom. The van der Waals surface area contributed by atoms with E-state index in [1.165, 1.54) is 30.2 Å². The first kappa shape index (κ1) is 24.5. The van der Waals surface area contributed by atoms with Gasteiger partial charge in [0.2, 0.25) is 17.7 Å². The summed E-state index contributed by atoms with van der Waals surface area (Å²) in [5, 5.41) is 13.0. The molecule has 37 heavy (non-hydrogen) atoms.